The number of nitrogens with zero attached hydrogens (tertiary/aromatic N) is 1. The van der Waals surface area contributed by atoms with Crippen LogP contribution in [0.4, 0.5) is 4.79 Å². The summed E-state index contributed by atoms with van der Waals surface area (Å²) in [5, 5.41) is 5.45. The van der Waals surface area contributed by atoms with E-state index < -0.39 is 11.7 Å². The second kappa shape index (κ2) is 9.17. The molecule has 0 aliphatic carbocycles. The first-order chi connectivity index (χ1) is 9.24. The van der Waals surface area contributed by atoms with E-state index in [1.54, 1.807) is 27.2 Å². The summed E-state index contributed by atoms with van der Waals surface area (Å²) in [6.07, 6.45) is 2.18. The van der Waals surface area contributed by atoms with Gasteiger partial charge in [-0.1, -0.05) is 0 Å². The van der Waals surface area contributed by atoms with Crippen molar-refractivity contribution in [2.45, 2.75) is 46.1 Å². The minimum absolute atomic E-state index is 0.0114. The van der Waals surface area contributed by atoms with Crippen molar-refractivity contribution in [1.29, 1.82) is 0 Å². The predicted octanol–water partition coefficient (Wildman–Crippen LogP) is 0.946. The van der Waals surface area contributed by atoms with Crippen LogP contribution in [0.2, 0.25) is 0 Å². The zero-order valence-electron chi connectivity index (χ0n) is 12.7. The quantitative estimate of drug-likeness (QED) is 0.383. The molecule has 4 N–H and O–H groups in total. The Labute approximate surface area is 120 Å². The van der Waals surface area contributed by atoms with E-state index in [0.29, 0.717) is 25.9 Å². The third kappa shape index (κ3) is 11.3. The lowest BCUT2D eigenvalue weighted by molar-refractivity contribution is -0.117. The van der Waals surface area contributed by atoms with Crippen LogP contribution in [0.1, 0.15) is 40.5 Å². The van der Waals surface area contributed by atoms with Crippen molar-refractivity contribution < 1.29 is 14.3 Å². The Hall–Kier alpha value is -1.79. The molecule has 0 unspecified atom stereocenters. The lowest BCUT2D eigenvalue weighted by atomic mass is 10.2. The molecule has 0 rings (SSSR count). The summed E-state index contributed by atoms with van der Waals surface area (Å²) in [6.45, 7) is 8.25. The predicted molar refractivity (Wildman–Crippen MR) is 78.1 cm³/mol. The Balaban J connectivity index is 3.80. The van der Waals surface area contributed by atoms with Gasteiger partial charge in [0.2, 0.25) is 5.91 Å². The Bertz CT molecular complexity index is 348. The van der Waals surface area contributed by atoms with Crippen molar-refractivity contribution in [3.63, 3.8) is 0 Å². The van der Waals surface area contributed by atoms with E-state index in [0.717, 1.165) is 0 Å². The van der Waals surface area contributed by atoms with Crippen molar-refractivity contribution in [3.05, 3.63) is 6.42 Å². The molecule has 0 atom stereocenters. The van der Waals surface area contributed by atoms with Gasteiger partial charge >= 0.3 is 6.09 Å². The molecule has 0 bridgehead atoms. The highest BCUT2D eigenvalue weighted by Gasteiger charge is 2.15. The fourth-order valence-corrected chi connectivity index (χ4v) is 1.22. The van der Waals surface area contributed by atoms with Crippen LogP contribution >= 0.6 is 0 Å². The van der Waals surface area contributed by atoms with Crippen molar-refractivity contribution >= 4 is 18.0 Å². The molecule has 0 aliphatic rings. The molecule has 0 heterocycles. The number of unbranched alkanes of at least 4 members (excludes halogenated alkanes) is 1. The van der Waals surface area contributed by atoms with Crippen LogP contribution in [0.5, 0.6) is 0 Å². The number of hydrogen-bond acceptors (Lipinski definition) is 3. The summed E-state index contributed by atoms with van der Waals surface area (Å²) in [4.78, 5) is 26.0. The van der Waals surface area contributed by atoms with Crippen molar-refractivity contribution in [2.24, 2.45) is 10.7 Å². The van der Waals surface area contributed by atoms with Crippen molar-refractivity contribution in [3.8, 4) is 0 Å². The maximum atomic E-state index is 11.3. The smallest absolute Gasteiger partial charge is 0.437 e. The van der Waals surface area contributed by atoms with Gasteiger partial charge in [-0.05, 0) is 40.5 Å². The zero-order valence-corrected chi connectivity index (χ0v) is 12.7. The fraction of sp³-hybridized carbons (Fsp3) is 0.692. The Morgan fingerprint density at radius 2 is 1.95 bits per heavy atom. The van der Waals surface area contributed by atoms with Crippen LogP contribution in [0.3, 0.4) is 0 Å². The van der Waals surface area contributed by atoms with Gasteiger partial charge in [-0.15, -0.1) is 4.99 Å². The summed E-state index contributed by atoms with van der Waals surface area (Å²) >= 11 is 0. The van der Waals surface area contributed by atoms with E-state index in [2.05, 4.69) is 15.6 Å². The van der Waals surface area contributed by atoms with E-state index in [1.807, 2.05) is 6.92 Å². The lowest BCUT2D eigenvalue weighted by Crippen LogP contribution is -2.34. The molecule has 20 heavy (non-hydrogen) atoms. The number of rotatable bonds is 6. The second-order valence-electron chi connectivity index (χ2n) is 5.15. The molecule has 0 saturated carbocycles. The number of nitrogens with one attached hydrogen (secondary N) is 2. The van der Waals surface area contributed by atoms with E-state index in [1.165, 1.54) is 0 Å². The SMILES string of the molecule is CCNC(=O)[CH]CCCNC(N)=NC(=O)OC(C)(C)C. The summed E-state index contributed by atoms with van der Waals surface area (Å²) in [6, 6.07) is 0. The minimum atomic E-state index is -0.726. The first-order valence-electron chi connectivity index (χ1n) is 6.66. The second-order valence-corrected chi connectivity index (χ2v) is 5.15. The number of hydrogen-bond donors (Lipinski definition) is 3. The molecule has 0 aromatic carbocycles. The standard InChI is InChI=1S/C13H25N4O3/c1-5-15-10(18)8-6-7-9-16-11(14)17-12(19)20-13(2,3)4/h8H,5-7,9H2,1-4H3,(H,15,18)(H3,14,16,17,19). The van der Waals surface area contributed by atoms with Crippen LogP contribution in [-0.2, 0) is 9.53 Å². The molecule has 7 heteroatoms. The van der Waals surface area contributed by atoms with Crippen LogP contribution < -0.4 is 16.4 Å². The molecule has 0 aromatic heterocycles. The van der Waals surface area contributed by atoms with E-state index in [-0.39, 0.29) is 11.9 Å². The third-order valence-electron chi connectivity index (χ3n) is 1.97. The summed E-state index contributed by atoms with van der Waals surface area (Å²) in [7, 11) is 0. The fourth-order valence-electron chi connectivity index (χ4n) is 1.22. The van der Waals surface area contributed by atoms with Gasteiger partial charge in [0.1, 0.15) is 5.60 Å². The largest absolute Gasteiger partial charge is 0.442 e. The molecule has 0 saturated heterocycles. The number of guanidine groups is 1. The number of aliphatic imine (C=N–C) groups is 1. The highest BCUT2D eigenvalue weighted by atomic mass is 16.6. The molecule has 0 fully saturated rings. The molecule has 1 radical (unpaired) electrons. The Kier molecular flexibility index (Phi) is 8.35. The van der Waals surface area contributed by atoms with Gasteiger partial charge in [0.25, 0.3) is 0 Å². The van der Waals surface area contributed by atoms with Gasteiger partial charge in [-0.2, -0.15) is 0 Å². The average molecular weight is 285 g/mol. The minimum Gasteiger partial charge on any atom is -0.442 e. The monoisotopic (exact) mass is 285 g/mol. The average Bonchev–Trinajstić information content (AvgIpc) is 2.25. The molecule has 2 amide bonds. The summed E-state index contributed by atoms with van der Waals surface area (Å²) < 4.78 is 4.99. The molecule has 0 aromatic rings. The lowest BCUT2D eigenvalue weighted by Gasteiger charge is -2.17. The zero-order chi connectivity index (χ0) is 15.6. The number of nitrogens with two attached hydrogens (primary N) is 1. The highest BCUT2D eigenvalue weighted by Crippen LogP contribution is 2.07. The van der Waals surface area contributed by atoms with E-state index in [4.69, 9.17) is 10.5 Å². The Morgan fingerprint density at radius 1 is 1.30 bits per heavy atom. The maximum absolute atomic E-state index is 11.3. The van der Waals surface area contributed by atoms with Crippen LogP contribution in [0, 0.1) is 6.42 Å². The number of carbonyl (C=O) groups excluding carboxylic acids is 2. The third-order valence-corrected chi connectivity index (χ3v) is 1.97. The molecular weight excluding hydrogens is 260 g/mol. The van der Waals surface area contributed by atoms with Crippen LogP contribution in [0.25, 0.3) is 0 Å². The topological polar surface area (TPSA) is 106 Å². The van der Waals surface area contributed by atoms with Crippen molar-refractivity contribution in [2.75, 3.05) is 13.1 Å². The van der Waals surface area contributed by atoms with Gasteiger partial charge in [0.15, 0.2) is 5.96 Å². The van der Waals surface area contributed by atoms with Gasteiger partial charge in [0.05, 0.1) is 0 Å². The van der Waals surface area contributed by atoms with Gasteiger partial charge in [-0.3, -0.25) is 4.79 Å². The Morgan fingerprint density at radius 3 is 2.50 bits per heavy atom. The van der Waals surface area contributed by atoms with E-state index in [9.17, 15) is 9.59 Å². The normalized spacial score (nSPS) is 11.9. The highest BCUT2D eigenvalue weighted by molar-refractivity contribution is 5.89. The molecule has 0 spiro atoms. The summed E-state index contributed by atoms with van der Waals surface area (Å²) in [5.74, 6) is -0.0693. The first-order valence-corrected chi connectivity index (χ1v) is 6.66. The number of amides is 2. The maximum Gasteiger partial charge on any atom is 0.437 e. The molecule has 0 aliphatic heterocycles. The number of ether oxygens (including phenoxy) is 1. The van der Waals surface area contributed by atoms with Crippen LogP contribution in [-0.4, -0.2) is 36.7 Å². The van der Waals surface area contributed by atoms with Gasteiger partial charge in [-0.25, -0.2) is 4.79 Å². The molecular formula is C13H25N4O3. The van der Waals surface area contributed by atoms with Gasteiger partial charge in [0, 0.05) is 19.5 Å². The first kappa shape index (κ1) is 18.2. The number of carbonyl (C=O) groups is 2. The van der Waals surface area contributed by atoms with Crippen LogP contribution in [0.15, 0.2) is 4.99 Å². The summed E-state index contributed by atoms with van der Waals surface area (Å²) in [5.41, 5.74) is 4.94. The molecule has 115 valence electrons. The van der Waals surface area contributed by atoms with E-state index >= 15 is 0 Å². The van der Waals surface area contributed by atoms with Gasteiger partial charge < -0.3 is 21.1 Å². The van der Waals surface area contributed by atoms with Crippen molar-refractivity contribution in [1.82, 2.24) is 10.6 Å². The molecule has 7 nitrogen and oxygen atoms in total.